The smallest absolute Gasteiger partial charge is 0.243 e. The molecule has 3 aromatic rings. The van der Waals surface area contributed by atoms with Gasteiger partial charge in [0, 0.05) is 32.7 Å². The van der Waals surface area contributed by atoms with Crippen LogP contribution >= 0.6 is 0 Å². The lowest BCUT2D eigenvalue weighted by Gasteiger charge is -2.34. The molecule has 0 N–H and O–H groups in total. The largest absolute Gasteiger partial charge is 0.367 e. The summed E-state index contributed by atoms with van der Waals surface area (Å²) < 4.78 is 61.1. The van der Waals surface area contributed by atoms with Gasteiger partial charge in [0.2, 0.25) is 10.0 Å². The van der Waals surface area contributed by atoms with Crippen molar-refractivity contribution in [2.24, 2.45) is 0 Å². The van der Waals surface area contributed by atoms with Gasteiger partial charge in [0.25, 0.3) is 0 Å². The highest BCUT2D eigenvalue weighted by atomic mass is 32.2. The lowest BCUT2D eigenvalue weighted by Crippen LogP contribution is -2.49. The first-order valence-electron chi connectivity index (χ1n) is 13.1. The lowest BCUT2D eigenvalue weighted by atomic mass is 9.82. The normalized spacial score (nSPS) is 15.7. The summed E-state index contributed by atoms with van der Waals surface area (Å²) in [5.41, 5.74) is 2.69. The zero-order valence-electron chi connectivity index (χ0n) is 22.2. The number of sulfonamides is 1. The van der Waals surface area contributed by atoms with Gasteiger partial charge in [-0.2, -0.15) is 4.31 Å². The number of rotatable bonds is 10. The van der Waals surface area contributed by atoms with Gasteiger partial charge in [-0.1, -0.05) is 57.2 Å². The van der Waals surface area contributed by atoms with E-state index in [9.17, 15) is 17.2 Å². The van der Waals surface area contributed by atoms with Gasteiger partial charge in [-0.25, -0.2) is 17.2 Å². The molecule has 0 bridgehead atoms. The number of benzene rings is 3. The van der Waals surface area contributed by atoms with Crippen molar-refractivity contribution in [1.82, 2.24) is 9.21 Å². The summed E-state index contributed by atoms with van der Waals surface area (Å²) in [7, 11) is -3.55. The highest BCUT2D eigenvalue weighted by molar-refractivity contribution is 7.89. The number of halogens is 2. The van der Waals surface area contributed by atoms with Gasteiger partial charge in [-0.3, -0.25) is 4.90 Å². The van der Waals surface area contributed by atoms with E-state index in [2.05, 4.69) is 25.7 Å². The average molecular weight is 543 g/mol. The van der Waals surface area contributed by atoms with Crippen molar-refractivity contribution in [3.63, 3.8) is 0 Å². The van der Waals surface area contributed by atoms with Crippen LogP contribution in [0.1, 0.15) is 50.0 Å². The first-order valence-corrected chi connectivity index (χ1v) is 14.5. The fourth-order valence-corrected chi connectivity index (χ4v) is 6.01. The van der Waals surface area contributed by atoms with E-state index in [1.165, 1.54) is 24.3 Å². The molecule has 0 aromatic heterocycles. The lowest BCUT2D eigenvalue weighted by molar-refractivity contribution is 0.0526. The molecule has 1 aliphatic heterocycles. The van der Waals surface area contributed by atoms with E-state index < -0.39 is 16.1 Å². The minimum atomic E-state index is -3.55. The fourth-order valence-electron chi connectivity index (χ4n) is 4.58. The standard InChI is InChI=1S/C30H36F2N2O3S/c1-4-30(2,3)25-9-15-28(16-10-25)38(35,36)34-19-17-33(18-20-34)21-22-37-29(23-5-11-26(31)12-6-23)24-7-13-27(32)14-8-24/h5-16,29H,4,17-22H2,1-3H3. The number of nitrogens with zero attached hydrogens (tertiary/aromatic N) is 2. The van der Waals surface area contributed by atoms with Gasteiger partial charge in [0.15, 0.2) is 0 Å². The molecule has 0 amide bonds. The van der Waals surface area contributed by atoms with Crippen LogP contribution in [0.2, 0.25) is 0 Å². The maximum atomic E-state index is 13.5. The van der Waals surface area contributed by atoms with Crippen LogP contribution in [0.15, 0.2) is 77.7 Å². The molecule has 3 aromatic carbocycles. The molecule has 0 saturated carbocycles. The third-order valence-corrected chi connectivity index (χ3v) is 9.44. The van der Waals surface area contributed by atoms with E-state index in [4.69, 9.17) is 4.74 Å². The van der Waals surface area contributed by atoms with E-state index in [1.807, 2.05) is 12.1 Å². The topological polar surface area (TPSA) is 49.9 Å². The molecule has 0 aliphatic carbocycles. The summed E-state index contributed by atoms with van der Waals surface area (Å²) in [4.78, 5) is 2.50. The highest BCUT2D eigenvalue weighted by Gasteiger charge is 2.29. The van der Waals surface area contributed by atoms with Crippen molar-refractivity contribution in [2.45, 2.75) is 43.6 Å². The molecule has 0 atom stereocenters. The Hall–Kier alpha value is -2.65. The van der Waals surface area contributed by atoms with Crippen LogP contribution < -0.4 is 0 Å². The van der Waals surface area contributed by atoms with Crippen molar-refractivity contribution < 1.29 is 21.9 Å². The molecule has 1 aliphatic rings. The van der Waals surface area contributed by atoms with Gasteiger partial charge >= 0.3 is 0 Å². The van der Waals surface area contributed by atoms with Gasteiger partial charge in [-0.05, 0) is 64.9 Å². The molecule has 0 unspecified atom stereocenters. The number of hydrogen-bond donors (Lipinski definition) is 0. The van der Waals surface area contributed by atoms with E-state index in [1.54, 1.807) is 40.7 Å². The number of piperazine rings is 1. The highest BCUT2D eigenvalue weighted by Crippen LogP contribution is 2.29. The number of hydrogen-bond acceptors (Lipinski definition) is 4. The summed E-state index contributed by atoms with van der Waals surface area (Å²) in [6.45, 7) is 9.45. The monoisotopic (exact) mass is 542 g/mol. The zero-order valence-corrected chi connectivity index (χ0v) is 23.1. The van der Waals surface area contributed by atoms with Crippen LogP contribution in [-0.2, 0) is 20.2 Å². The SMILES string of the molecule is CCC(C)(C)c1ccc(S(=O)(=O)N2CCN(CCOC(c3ccc(F)cc3)c3ccc(F)cc3)CC2)cc1. The first kappa shape index (κ1) is 28.4. The Kier molecular flexibility index (Phi) is 8.98. The Morgan fingerprint density at radius 1 is 0.816 bits per heavy atom. The van der Waals surface area contributed by atoms with Crippen molar-refractivity contribution in [1.29, 1.82) is 0 Å². The van der Waals surface area contributed by atoms with Crippen LogP contribution in [0, 0.1) is 11.6 Å². The Morgan fingerprint density at radius 2 is 1.32 bits per heavy atom. The van der Waals surface area contributed by atoms with E-state index in [0.717, 1.165) is 23.1 Å². The maximum absolute atomic E-state index is 13.5. The first-order chi connectivity index (χ1) is 18.1. The fraction of sp³-hybridized carbons (Fsp3) is 0.400. The second kappa shape index (κ2) is 12.0. The summed E-state index contributed by atoms with van der Waals surface area (Å²) in [6, 6.07) is 19.5. The van der Waals surface area contributed by atoms with Crippen LogP contribution in [0.4, 0.5) is 8.78 Å². The quantitative estimate of drug-likeness (QED) is 0.327. The minimum absolute atomic E-state index is 0.00238. The molecular formula is C30H36F2N2O3S. The molecule has 8 heteroatoms. The van der Waals surface area contributed by atoms with E-state index in [0.29, 0.717) is 44.2 Å². The van der Waals surface area contributed by atoms with Crippen LogP contribution in [0.3, 0.4) is 0 Å². The van der Waals surface area contributed by atoms with Crippen LogP contribution in [0.5, 0.6) is 0 Å². The Balaban J connectivity index is 1.33. The molecule has 0 radical (unpaired) electrons. The molecule has 1 fully saturated rings. The van der Waals surface area contributed by atoms with Gasteiger partial charge in [0.1, 0.15) is 17.7 Å². The Labute approximate surface area is 225 Å². The van der Waals surface area contributed by atoms with E-state index in [-0.39, 0.29) is 17.0 Å². The third kappa shape index (κ3) is 6.67. The summed E-state index contributed by atoms with van der Waals surface area (Å²) in [6.07, 6.45) is 0.512. The van der Waals surface area contributed by atoms with Crippen molar-refractivity contribution in [3.8, 4) is 0 Å². The second-order valence-corrected chi connectivity index (χ2v) is 12.3. The Morgan fingerprint density at radius 3 is 1.79 bits per heavy atom. The second-order valence-electron chi connectivity index (χ2n) is 10.4. The molecular weight excluding hydrogens is 506 g/mol. The minimum Gasteiger partial charge on any atom is -0.367 e. The summed E-state index contributed by atoms with van der Waals surface area (Å²) in [5.74, 6) is -0.666. The van der Waals surface area contributed by atoms with Crippen molar-refractivity contribution in [2.75, 3.05) is 39.3 Å². The predicted molar refractivity (Wildman–Crippen MR) is 146 cm³/mol. The summed E-state index contributed by atoms with van der Waals surface area (Å²) >= 11 is 0. The van der Waals surface area contributed by atoms with Gasteiger partial charge in [0.05, 0.1) is 11.5 Å². The molecule has 1 heterocycles. The molecule has 1 saturated heterocycles. The van der Waals surface area contributed by atoms with Crippen LogP contribution in [0.25, 0.3) is 0 Å². The summed E-state index contributed by atoms with van der Waals surface area (Å²) in [5, 5.41) is 0. The van der Waals surface area contributed by atoms with Gasteiger partial charge < -0.3 is 4.74 Å². The molecule has 38 heavy (non-hydrogen) atoms. The zero-order chi connectivity index (χ0) is 27.3. The van der Waals surface area contributed by atoms with Crippen molar-refractivity contribution >= 4 is 10.0 Å². The predicted octanol–water partition coefficient (Wildman–Crippen LogP) is 5.76. The number of ether oxygens (including phenoxy) is 1. The Bertz CT molecular complexity index is 1240. The van der Waals surface area contributed by atoms with Crippen LogP contribution in [-0.4, -0.2) is 57.0 Å². The van der Waals surface area contributed by atoms with E-state index >= 15 is 0 Å². The molecule has 204 valence electrons. The van der Waals surface area contributed by atoms with Crippen molar-refractivity contribution in [3.05, 3.63) is 101 Å². The average Bonchev–Trinajstić information content (AvgIpc) is 2.93. The molecule has 5 nitrogen and oxygen atoms in total. The van der Waals surface area contributed by atoms with Gasteiger partial charge in [-0.15, -0.1) is 0 Å². The third-order valence-electron chi connectivity index (χ3n) is 7.53. The molecule has 0 spiro atoms. The maximum Gasteiger partial charge on any atom is 0.243 e. The molecule has 4 rings (SSSR count).